The quantitative estimate of drug-likeness (QED) is 0.586. The summed E-state index contributed by atoms with van der Waals surface area (Å²) in [5.74, 6) is 1.58. The molecule has 0 N–H and O–H groups in total. The molecule has 1 aliphatic rings. The predicted octanol–water partition coefficient (Wildman–Crippen LogP) is 2.44. The largest absolute Gasteiger partial charge is 0.497 e. The summed E-state index contributed by atoms with van der Waals surface area (Å²) in [6, 6.07) is 11.1. The number of rotatable bonds is 5. The molecule has 1 aromatic carbocycles. The topological polar surface area (TPSA) is 68.4 Å². The van der Waals surface area contributed by atoms with E-state index in [-0.39, 0.29) is 5.91 Å². The van der Waals surface area contributed by atoms with E-state index in [1.54, 1.807) is 31.6 Å². The molecule has 9 heteroatoms. The Kier molecular flexibility index (Phi) is 5.91. The number of pyridine rings is 1. The zero-order valence-electron chi connectivity index (χ0n) is 17.1. The smallest absolute Gasteiger partial charge is 0.253 e. The van der Waals surface area contributed by atoms with Crippen LogP contribution in [0.15, 0.2) is 48.8 Å². The second-order valence-electron chi connectivity index (χ2n) is 7.19. The first-order valence-electron chi connectivity index (χ1n) is 9.77. The van der Waals surface area contributed by atoms with Crippen molar-refractivity contribution in [2.24, 2.45) is 7.05 Å². The van der Waals surface area contributed by atoms with Gasteiger partial charge in [-0.05, 0) is 48.6 Å². The summed E-state index contributed by atoms with van der Waals surface area (Å²) in [6.45, 7) is 3.46. The number of carbonyl (C=O) groups is 1. The van der Waals surface area contributed by atoms with Crippen molar-refractivity contribution in [3.63, 3.8) is 0 Å². The van der Waals surface area contributed by atoms with Crippen LogP contribution in [0.1, 0.15) is 10.4 Å². The maximum Gasteiger partial charge on any atom is 0.253 e. The average Bonchev–Trinajstić information content (AvgIpc) is 3.08. The minimum Gasteiger partial charge on any atom is -0.497 e. The number of aromatic nitrogens is 4. The highest BCUT2D eigenvalue weighted by atomic mass is 32.1. The molecule has 0 bridgehead atoms. The van der Waals surface area contributed by atoms with E-state index in [0.717, 1.165) is 30.2 Å². The van der Waals surface area contributed by atoms with Gasteiger partial charge in [0.2, 0.25) is 0 Å². The fourth-order valence-corrected chi connectivity index (χ4v) is 3.71. The Bertz CT molecular complexity index is 1070. The van der Waals surface area contributed by atoms with E-state index in [1.165, 1.54) is 0 Å². The van der Waals surface area contributed by atoms with E-state index >= 15 is 0 Å². The normalized spacial score (nSPS) is 14.7. The summed E-state index contributed by atoms with van der Waals surface area (Å²) in [4.78, 5) is 21.1. The van der Waals surface area contributed by atoms with Gasteiger partial charge in [0, 0.05) is 56.7 Å². The Morgan fingerprint density at radius 2 is 1.87 bits per heavy atom. The molecule has 1 aliphatic heterocycles. The van der Waals surface area contributed by atoms with Gasteiger partial charge in [0.1, 0.15) is 5.75 Å². The van der Waals surface area contributed by atoms with Gasteiger partial charge in [0.25, 0.3) is 5.91 Å². The Balaban J connectivity index is 1.39. The Labute approximate surface area is 180 Å². The van der Waals surface area contributed by atoms with Gasteiger partial charge in [-0.15, -0.1) is 0 Å². The number of amides is 1. The van der Waals surface area contributed by atoms with E-state index in [9.17, 15) is 4.79 Å². The molecule has 4 rings (SSSR count). The predicted molar refractivity (Wildman–Crippen MR) is 116 cm³/mol. The monoisotopic (exact) mass is 424 g/mol. The van der Waals surface area contributed by atoms with Crippen molar-refractivity contribution in [3.05, 3.63) is 59.1 Å². The number of nitrogens with zero attached hydrogens (tertiary/aromatic N) is 6. The van der Waals surface area contributed by atoms with E-state index in [4.69, 9.17) is 22.1 Å². The standard InChI is InChI=1S/C21H24N6O2S/c1-24-19(17-4-3-9-22-14-17)23-27(21(24)30)15-25-10-12-26(13-11-25)20(28)16-5-7-18(29-2)8-6-16/h3-9,14H,10-13,15H2,1-2H3. The number of hydrogen-bond acceptors (Lipinski definition) is 6. The van der Waals surface area contributed by atoms with Gasteiger partial charge in [-0.2, -0.15) is 5.10 Å². The average molecular weight is 425 g/mol. The maximum atomic E-state index is 12.7. The zero-order valence-corrected chi connectivity index (χ0v) is 17.9. The first-order valence-corrected chi connectivity index (χ1v) is 10.2. The molecule has 1 amide bonds. The number of piperazine rings is 1. The molecule has 0 unspecified atom stereocenters. The van der Waals surface area contributed by atoms with Crippen LogP contribution in [0.5, 0.6) is 5.75 Å². The number of methoxy groups -OCH3 is 1. The van der Waals surface area contributed by atoms with Crippen LogP contribution >= 0.6 is 12.2 Å². The number of ether oxygens (including phenoxy) is 1. The second kappa shape index (κ2) is 8.76. The van der Waals surface area contributed by atoms with Crippen molar-refractivity contribution < 1.29 is 9.53 Å². The summed E-state index contributed by atoms with van der Waals surface area (Å²) < 4.78 is 9.55. The SMILES string of the molecule is COc1ccc(C(=O)N2CCN(Cn3nc(-c4cccnc4)n(C)c3=S)CC2)cc1. The highest BCUT2D eigenvalue weighted by Gasteiger charge is 2.23. The van der Waals surface area contributed by atoms with Crippen LogP contribution in [-0.2, 0) is 13.7 Å². The third-order valence-corrected chi connectivity index (χ3v) is 5.78. The first kappa shape index (κ1) is 20.2. The van der Waals surface area contributed by atoms with Crippen LogP contribution in [0.3, 0.4) is 0 Å². The minimum atomic E-state index is 0.0469. The lowest BCUT2D eigenvalue weighted by Crippen LogP contribution is -2.49. The van der Waals surface area contributed by atoms with Crippen molar-refractivity contribution >= 4 is 18.1 Å². The van der Waals surface area contributed by atoms with Crippen LogP contribution in [0, 0.1) is 4.77 Å². The molecule has 3 aromatic rings. The van der Waals surface area contributed by atoms with Gasteiger partial charge >= 0.3 is 0 Å². The molecule has 0 aliphatic carbocycles. The molecular formula is C21H24N6O2S. The van der Waals surface area contributed by atoms with E-state index in [1.807, 2.05) is 45.5 Å². The third kappa shape index (κ3) is 4.12. The third-order valence-electron chi connectivity index (χ3n) is 5.29. The maximum absolute atomic E-state index is 12.7. The summed E-state index contributed by atoms with van der Waals surface area (Å²) >= 11 is 5.57. The molecule has 3 heterocycles. The van der Waals surface area contributed by atoms with Crippen LogP contribution in [0.2, 0.25) is 0 Å². The number of benzene rings is 1. The Morgan fingerprint density at radius 1 is 1.13 bits per heavy atom. The van der Waals surface area contributed by atoms with Gasteiger partial charge < -0.3 is 14.2 Å². The lowest BCUT2D eigenvalue weighted by atomic mass is 10.1. The molecule has 0 radical (unpaired) electrons. The van der Waals surface area contributed by atoms with E-state index in [0.29, 0.717) is 30.1 Å². The second-order valence-corrected chi connectivity index (χ2v) is 7.55. The van der Waals surface area contributed by atoms with Crippen molar-refractivity contribution in [1.82, 2.24) is 29.1 Å². The van der Waals surface area contributed by atoms with Gasteiger partial charge in [-0.25, -0.2) is 4.68 Å². The van der Waals surface area contributed by atoms with Crippen molar-refractivity contribution in [2.75, 3.05) is 33.3 Å². The molecule has 156 valence electrons. The lowest BCUT2D eigenvalue weighted by Gasteiger charge is -2.34. The van der Waals surface area contributed by atoms with E-state index < -0.39 is 0 Å². The van der Waals surface area contributed by atoms with Gasteiger partial charge in [-0.3, -0.25) is 14.7 Å². The summed E-state index contributed by atoms with van der Waals surface area (Å²) in [5.41, 5.74) is 1.61. The molecule has 1 saturated heterocycles. The Morgan fingerprint density at radius 3 is 2.50 bits per heavy atom. The molecule has 0 spiro atoms. The van der Waals surface area contributed by atoms with Crippen molar-refractivity contribution in [1.29, 1.82) is 0 Å². The van der Waals surface area contributed by atoms with Crippen LogP contribution < -0.4 is 4.74 Å². The highest BCUT2D eigenvalue weighted by Crippen LogP contribution is 2.17. The fraction of sp³-hybridized carbons (Fsp3) is 0.333. The molecule has 8 nitrogen and oxygen atoms in total. The van der Waals surface area contributed by atoms with Crippen LogP contribution in [0.4, 0.5) is 0 Å². The first-order chi connectivity index (χ1) is 14.6. The molecular weight excluding hydrogens is 400 g/mol. The lowest BCUT2D eigenvalue weighted by molar-refractivity contribution is 0.0585. The van der Waals surface area contributed by atoms with Gasteiger partial charge in [-0.1, -0.05) is 0 Å². The number of carbonyl (C=O) groups excluding carboxylic acids is 1. The zero-order chi connectivity index (χ0) is 21.1. The molecule has 0 saturated carbocycles. The van der Waals surface area contributed by atoms with Gasteiger partial charge in [0.05, 0.1) is 13.8 Å². The van der Waals surface area contributed by atoms with E-state index in [2.05, 4.69) is 9.88 Å². The van der Waals surface area contributed by atoms with Crippen LogP contribution in [-0.4, -0.2) is 68.3 Å². The fourth-order valence-electron chi connectivity index (χ4n) is 3.52. The van der Waals surface area contributed by atoms with Crippen LogP contribution in [0.25, 0.3) is 11.4 Å². The molecule has 30 heavy (non-hydrogen) atoms. The molecule has 1 fully saturated rings. The van der Waals surface area contributed by atoms with Gasteiger partial charge in [0.15, 0.2) is 10.6 Å². The Hall–Kier alpha value is -3.04. The number of hydrogen-bond donors (Lipinski definition) is 0. The summed E-state index contributed by atoms with van der Waals surface area (Å²) in [7, 11) is 3.53. The minimum absolute atomic E-state index is 0.0469. The highest BCUT2D eigenvalue weighted by molar-refractivity contribution is 7.71. The molecule has 2 aromatic heterocycles. The summed E-state index contributed by atoms with van der Waals surface area (Å²) in [5, 5.41) is 4.69. The van der Waals surface area contributed by atoms with Crippen molar-refractivity contribution in [2.45, 2.75) is 6.67 Å². The summed E-state index contributed by atoms with van der Waals surface area (Å²) in [6.07, 6.45) is 3.52. The molecule has 0 atom stereocenters. The van der Waals surface area contributed by atoms with Crippen molar-refractivity contribution in [3.8, 4) is 17.1 Å².